The number of hydrogen-bond acceptors (Lipinski definition) is 3. The molecule has 0 amide bonds. The van der Waals surface area contributed by atoms with E-state index in [4.69, 9.17) is 4.42 Å². The maximum Gasteiger partial charge on any atom is 0.333 e. The molecule has 5 aliphatic rings. The monoisotopic (exact) mass is 862 g/mol. The molecule has 0 N–H and O–H groups in total. The molecule has 5 heteroatoms. The zero-order valence-corrected chi connectivity index (χ0v) is 39.0. The molecule has 66 heavy (non-hydrogen) atoms. The van der Waals surface area contributed by atoms with Gasteiger partial charge in [-0.2, -0.15) is 0 Å². The van der Waals surface area contributed by atoms with E-state index in [9.17, 15) is 0 Å². The van der Waals surface area contributed by atoms with E-state index in [1.54, 1.807) is 0 Å². The van der Waals surface area contributed by atoms with Crippen LogP contribution < -0.4 is 41.4 Å². The van der Waals surface area contributed by atoms with Gasteiger partial charge in [-0.1, -0.05) is 173 Å². The van der Waals surface area contributed by atoms with Gasteiger partial charge < -0.3 is 14.1 Å². The summed E-state index contributed by atoms with van der Waals surface area (Å²) in [5.41, 5.74) is 20.5. The Hall–Kier alpha value is -7.08. The van der Waals surface area contributed by atoms with E-state index < -0.39 is 8.07 Å². The van der Waals surface area contributed by atoms with Gasteiger partial charge >= 0.3 is 6.85 Å². The van der Waals surface area contributed by atoms with Crippen molar-refractivity contribution < 1.29 is 4.42 Å². The molecule has 0 atom stereocenters. The van der Waals surface area contributed by atoms with Gasteiger partial charge in [0.15, 0.2) is 13.7 Å². The summed E-state index contributed by atoms with van der Waals surface area (Å²) in [6, 6.07) is 65.6. The fourth-order valence-electron chi connectivity index (χ4n) is 13.7. The molecule has 314 valence electrons. The smallest absolute Gasteiger partial charge is 0.333 e. The number of rotatable bonds is 1. The van der Waals surface area contributed by atoms with Crippen molar-refractivity contribution in [3.05, 3.63) is 187 Å². The Morgan fingerprint density at radius 3 is 1.91 bits per heavy atom. The van der Waals surface area contributed by atoms with Gasteiger partial charge in [0, 0.05) is 39.1 Å². The van der Waals surface area contributed by atoms with Gasteiger partial charge in [0.2, 0.25) is 0 Å². The normalized spacial score (nSPS) is 17.0. The van der Waals surface area contributed by atoms with E-state index in [2.05, 4.69) is 214 Å². The summed E-state index contributed by atoms with van der Waals surface area (Å²) >= 11 is 0. The first-order chi connectivity index (χ1) is 32.2. The Bertz CT molecular complexity index is 3790. The second-order valence-corrected chi connectivity index (χ2v) is 24.7. The Labute approximate surface area is 387 Å². The number of aryl methyl sites for hydroxylation is 1. The second-order valence-electron chi connectivity index (χ2n) is 21.0. The third-order valence-electron chi connectivity index (χ3n) is 16.8. The van der Waals surface area contributed by atoms with Gasteiger partial charge in [0.05, 0.1) is 5.69 Å². The van der Waals surface area contributed by atoms with E-state index >= 15 is 0 Å². The highest BCUT2D eigenvalue weighted by Gasteiger charge is 2.58. The molecule has 1 spiro atoms. The maximum atomic E-state index is 7.22. The zero-order valence-electron chi connectivity index (χ0n) is 38.0. The van der Waals surface area contributed by atoms with Crippen molar-refractivity contribution in [2.75, 3.05) is 9.71 Å². The first-order valence-electron chi connectivity index (χ1n) is 23.8. The molecular weight excluding hydrogens is 816 g/mol. The lowest BCUT2D eigenvalue weighted by molar-refractivity contribution is 0.332. The number of fused-ring (bicyclic) bond motifs is 20. The number of para-hydroxylation sites is 3. The van der Waals surface area contributed by atoms with Crippen LogP contribution in [0, 0.1) is 6.92 Å². The van der Waals surface area contributed by atoms with E-state index in [1.165, 1.54) is 111 Å². The maximum absolute atomic E-state index is 7.22. The first kappa shape index (κ1) is 37.2. The molecule has 9 aromatic carbocycles. The Balaban J connectivity index is 1.13. The van der Waals surface area contributed by atoms with Crippen LogP contribution >= 0.6 is 0 Å². The van der Waals surface area contributed by atoms with Gasteiger partial charge in [-0.3, -0.25) is 0 Å². The highest BCUT2D eigenvalue weighted by molar-refractivity contribution is 7.24. The molecule has 5 heterocycles. The summed E-state index contributed by atoms with van der Waals surface area (Å²) in [5.74, 6) is 0. The molecule has 0 unspecified atom stereocenters. The predicted molar refractivity (Wildman–Crippen MR) is 281 cm³/mol. The number of benzene rings is 9. The highest BCUT2D eigenvalue weighted by Crippen LogP contribution is 2.54. The molecule has 0 radical (unpaired) electrons. The van der Waals surface area contributed by atoms with Crippen molar-refractivity contribution in [3.63, 3.8) is 0 Å². The third-order valence-corrected chi connectivity index (χ3v) is 21.7. The quantitative estimate of drug-likeness (QED) is 0.153. The van der Waals surface area contributed by atoms with Crippen molar-refractivity contribution in [3.8, 4) is 22.3 Å². The topological polar surface area (TPSA) is 19.6 Å². The molecule has 1 aliphatic carbocycles. The van der Waals surface area contributed by atoms with Crippen molar-refractivity contribution in [1.29, 1.82) is 0 Å². The minimum Gasteiger partial charge on any atom is -0.454 e. The highest BCUT2D eigenvalue weighted by atomic mass is 28.3. The molecule has 0 bridgehead atoms. The molecule has 3 nitrogen and oxygen atoms in total. The van der Waals surface area contributed by atoms with Crippen molar-refractivity contribution in [2.24, 2.45) is 0 Å². The lowest BCUT2D eigenvalue weighted by atomic mass is 9.43. The van der Waals surface area contributed by atoms with Crippen LogP contribution in [0.3, 0.4) is 0 Å². The molecule has 15 rings (SSSR count). The molecule has 1 aromatic heterocycles. The summed E-state index contributed by atoms with van der Waals surface area (Å²) in [6.07, 6.45) is 2.33. The van der Waals surface area contributed by atoms with E-state index in [0.29, 0.717) is 0 Å². The average molecular weight is 863 g/mol. The molecule has 4 aliphatic heterocycles. The molecule has 0 saturated carbocycles. The summed E-state index contributed by atoms with van der Waals surface area (Å²) in [4.78, 5) is 5.41. The fourth-order valence-corrected chi connectivity index (χ4v) is 19.3. The lowest BCUT2D eigenvalue weighted by Gasteiger charge is -2.52. The molecule has 0 saturated heterocycles. The lowest BCUT2D eigenvalue weighted by Crippen LogP contribution is -2.78. The van der Waals surface area contributed by atoms with Gasteiger partial charge in [-0.25, -0.2) is 0 Å². The van der Waals surface area contributed by atoms with E-state index in [1.807, 2.05) is 0 Å². The van der Waals surface area contributed by atoms with Gasteiger partial charge in [-0.05, 0) is 131 Å². The fraction of sp³-hybridized carbons (Fsp3) is 0.148. The summed E-state index contributed by atoms with van der Waals surface area (Å²) in [6.45, 7) is 12.0. The minimum atomic E-state index is -2.83. The standard InChI is InChI=1S/C61H47BN2OSi/c1-36-33-44-45(61(4,5)32-31-60(44,2)3)35-48(36)63-49-34-37-17-6-7-18-38(37)55-43-22-16-28-54-57(43)64(62(56(49)55)46-30-29-42-39-19-8-12-24-50(39)65-59(42)58(46)63)47-23-11-15-27-53(47)66(54)51-25-13-9-20-40(51)41-21-10-14-26-52(41)66/h6-30,33-35H,31-32H2,1-5H3. The second kappa shape index (κ2) is 12.4. The Morgan fingerprint density at radius 1 is 0.515 bits per heavy atom. The Kier molecular flexibility index (Phi) is 7.00. The van der Waals surface area contributed by atoms with Crippen LogP contribution in [-0.2, 0) is 10.8 Å². The van der Waals surface area contributed by atoms with Crippen molar-refractivity contribution in [2.45, 2.75) is 58.3 Å². The minimum absolute atomic E-state index is 0.0345. The number of nitrogens with zero attached hydrogens (tertiary/aromatic N) is 2. The predicted octanol–water partition coefficient (Wildman–Crippen LogP) is 11.8. The van der Waals surface area contributed by atoms with E-state index in [-0.39, 0.29) is 17.7 Å². The van der Waals surface area contributed by atoms with E-state index in [0.717, 1.165) is 34.0 Å². The van der Waals surface area contributed by atoms with Crippen molar-refractivity contribution >= 4 is 108 Å². The molecule has 10 aromatic rings. The van der Waals surface area contributed by atoms with Gasteiger partial charge in [0.25, 0.3) is 0 Å². The van der Waals surface area contributed by atoms with Crippen LogP contribution in [0.2, 0.25) is 0 Å². The molecule has 0 fully saturated rings. The van der Waals surface area contributed by atoms with Crippen LogP contribution in [-0.4, -0.2) is 14.9 Å². The average Bonchev–Trinajstić information content (AvgIpc) is 3.87. The largest absolute Gasteiger partial charge is 0.454 e. The third kappa shape index (κ3) is 4.37. The number of anilines is 5. The van der Waals surface area contributed by atoms with Crippen LogP contribution in [0.1, 0.15) is 57.2 Å². The van der Waals surface area contributed by atoms with Crippen LogP contribution in [0.15, 0.2) is 174 Å². The van der Waals surface area contributed by atoms with Crippen LogP contribution in [0.25, 0.3) is 55.0 Å². The van der Waals surface area contributed by atoms with Gasteiger partial charge in [-0.15, -0.1) is 0 Å². The van der Waals surface area contributed by atoms with Crippen LogP contribution in [0.4, 0.5) is 28.4 Å². The number of hydrogen-bond donors (Lipinski definition) is 0. The van der Waals surface area contributed by atoms with Crippen molar-refractivity contribution in [1.82, 2.24) is 0 Å². The number of furan rings is 1. The van der Waals surface area contributed by atoms with Gasteiger partial charge in [0.1, 0.15) is 5.58 Å². The SMILES string of the molecule is Cc1cc2c(cc1N1c3cc4ccccc4c4c3B(c3ccc5c(oc6ccccc65)c31)N1c3ccccc3[Si]3(c5ccccc5-c5ccccc53)c3cccc-4c31)C(C)(C)CCC2(C)C. The zero-order chi connectivity index (χ0) is 44.0. The summed E-state index contributed by atoms with van der Waals surface area (Å²) in [7, 11) is -2.83. The Morgan fingerprint density at radius 2 is 1.14 bits per heavy atom. The molecular formula is C61H47BN2OSi. The van der Waals surface area contributed by atoms with Crippen LogP contribution in [0.5, 0.6) is 0 Å². The summed E-state index contributed by atoms with van der Waals surface area (Å²) < 4.78 is 7.22. The first-order valence-corrected chi connectivity index (χ1v) is 25.8. The summed E-state index contributed by atoms with van der Waals surface area (Å²) in [5, 5.41) is 10.8.